The first kappa shape index (κ1) is 20.9. The van der Waals surface area contributed by atoms with Crippen LogP contribution in [-0.2, 0) is 0 Å². The van der Waals surface area contributed by atoms with Crippen molar-refractivity contribution in [2.75, 3.05) is 23.8 Å². The van der Waals surface area contributed by atoms with Gasteiger partial charge in [0.25, 0.3) is 10.9 Å². The summed E-state index contributed by atoms with van der Waals surface area (Å²) >= 11 is 5.84. The van der Waals surface area contributed by atoms with E-state index in [-0.39, 0.29) is 0 Å². The number of nitrogens with one attached hydrogen (secondary N) is 2. The molecule has 0 fully saturated rings. The first-order valence-corrected chi connectivity index (χ1v) is 10.2. The van der Waals surface area contributed by atoms with Gasteiger partial charge in [-0.15, -0.1) is 0 Å². The summed E-state index contributed by atoms with van der Waals surface area (Å²) in [5.41, 5.74) is 0.505. The third-order valence-electron chi connectivity index (χ3n) is 4.57. The van der Waals surface area contributed by atoms with Crippen LogP contribution in [0.3, 0.4) is 0 Å². The molecule has 0 spiro atoms. The zero-order valence-corrected chi connectivity index (χ0v) is 16.9. The Bertz CT molecular complexity index is 967. The van der Waals surface area contributed by atoms with Crippen molar-refractivity contribution < 1.29 is 4.74 Å². The second-order valence-corrected chi connectivity index (χ2v) is 7.20. The number of ether oxygens (including phenoxy) is 1. The maximum absolute atomic E-state index is 11.8. The quantitative estimate of drug-likeness (QED) is 0.336. The third kappa shape index (κ3) is 6.06. The van der Waals surface area contributed by atoms with Gasteiger partial charge in [0.2, 0.25) is 0 Å². The highest BCUT2D eigenvalue weighted by Gasteiger charge is 2.20. The van der Waals surface area contributed by atoms with Crippen LogP contribution < -0.4 is 26.2 Å². The van der Waals surface area contributed by atoms with Crippen molar-refractivity contribution in [2.24, 2.45) is 0 Å². The third-order valence-corrected chi connectivity index (χ3v) is 4.82. The number of anilines is 3. The van der Waals surface area contributed by atoms with Gasteiger partial charge >= 0.3 is 0 Å². The van der Waals surface area contributed by atoms with E-state index < -0.39 is 10.9 Å². The molecule has 0 aliphatic heterocycles. The molecule has 3 rings (SSSR count). The molecule has 29 heavy (non-hydrogen) atoms. The normalized spacial score (nSPS) is 10.8. The number of nitrogens with zero attached hydrogens (tertiary/aromatic N) is 1. The molecule has 0 saturated carbocycles. The molecule has 2 aromatic carbocycles. The van der Waals surface area contributed by atoms with Crippen LogP contribution in [0.2, 0.25) is 5.02 Å². The number of hydrogen-bond donors (Lipinski definition) is 2. The topological polar surface area (TPSA) is 80.3 Å². The Hall–Kier alpha value is -2.86. The van der Waals surface area contributed by atoms with E-state index in [9.17, 15) is 9.59 Å². The Morgan fingerprint density at radius 3 is 2.24 bits per heavy atom. The van der Waals surface area contributed by atoms with Gasteiger partial charge in [0, 0.05) is 29.6 Å². The lowest BCUT2D eigenvalue weighted by Gasteiger charge is -2.14. The molecule has 0 atom stereocenters. The fraction of sp³-hybridized carbons (Fsp3) is 0.318. The molecule has 0 saturated heterocycles. The molecule has 1 heterocycles. The van der Waals surface area contributed by atoms with E-state index in [1.807, 2.05) is 24.3 Å². The van der Waals surface area contributed by atoms with Crippen LogP contribution in [0.15, 0.2) is 58.4 Å². The predicted molar refractivity (Wildman–Crippen MR) is 117 cm³/mol. The monoisotopic (exact) mass is 413 g/mol. The summed E-state index contributed by atoms with van der Waals surface area (Å²) < 4.78 is 5.67. The van der Waals surface area contributed by atoms with Crippen molar-refractivity contribution in [3.63, 3.8) is 0 Å². The molecular weight excluding hydrogens is 390 g/mol. The molecule has 2 N–H and O–H groups in total. The first-order valence-electron chi connectivity index (χ1n) is 9.78. The zero-order chi connectivity index (χ0) is 20.5. The highest BCUT2D eigenvalue weighted by molar-refractivity contribution is 6.30. The van der Waals surface area contributed by atoms with Crippen LogP contribution in [0, 0.1) is 0 Å². The number of benzene rings is 1. The van der Waals surface area contributed by atoms with E-state index in [1.165, 1.54) is 0 Å². The largest absolute Gasteiger partial charge is 0.494 e. The van der Waals surface area contributed by atoms with Gasteiger partial charge in [-0.25, -0.2) is 0 Å². The molecule has 0 bridgehead atoms. The lowest BCUT2D eigenvalue weighted by Crippen LogP contribution is -2.36. The van der Waals surface area contributed by atoms with Crippen molar-refractivity contribution in [3.05, 3.63) is 74.3 Å². The number of aromatic nitrogens is 1. The van der Waals surface area contributed by atoms with Gasteiger partial charge in [-0.3, -0.25) is 14.6 Å². The molecule has 6 nitrogen and oxygen atoms in total. The van der Waals surface area contributed by atoms with Crippen LogP contribution in [0.4, 0.5) is 17.1 Å². The van der Waals surface area contributed by atoms with Gasteiger partial charge in [-0.1, -0.05) is 30.9 Å². The van der Waals surface area contributed by atoms with Gasteiger partial charge in [0.05, 0.1) is 6.61 Å². The van der Waals surface area contributed by atoms with Crippen LogP contribution in [0.5, 0.6) is 5.75 Å². The number of unbranched alkanes of at least 4 members (excludes halogenated alkanes) is 4. The van der Waals surface area contributed by atoms with E-state index in [2.05, 4.69) is 15.6 Å². The van der Waals surface area contributed by atoms with Gasteiger partial charge in [-0.05, 0) is 49.2 Å². The average Bonchev–Trinajstić information content (AvgIpc) is 2.75. The molecule has 0 aliphatic rings. The molecule has 0 radical (unpaired) electrons. The molecule has 0 amide bonds. The fourth-order valence-corrected chi connectivity index (χ4v) is 3.08. The lowest BCUT2D eigenvalue weighted by atomic mass is 10.1. The Morgan fingerprint density at radius 1 is 0.828 bits per heavy atom. The lowest BCUT2D eigenvalue weighted by molar-refractivity contribution is 0.304. The Morgan fingerprint density at radius 2 is 1.48 bits per heavy atom. The van der Waals surface area contributed by atoms with Crippen LogP contribution in [-0.4, -0.2) is 18.1 Å². The summed E-state index contributed by atoms with van der Waals surface area (Å²) in [4.78, 5) is 27.5. The van der Waals surface area contributed by atoms with E-state index in [1.54, 1.807) is 24.5 Å². The molecule has 7 heteroatoms. The highest BCUT2D eigenvalue weighted by Crippen LogP contribution is 2.20. The number of hydrogen-bond acceptors (Lipinski definition) is 6. The second kappa shape index (κ2) is 10.6. The highest BCUT2D eigenvalue weighted by atomic mass is 35.5. The molecule has 152 valence electrons. The van der Waals surface area contributed by atoms with Crippen molar-refractivity contribution in [2.45, 2.75) is 32.1 Å². The summed E-state index contributed by atoms with van der Waals surface area (Å²) in [6.45, 7) is 1.35. The fourth-order valence-electron chi connectivity index (χ4n) is 2.95. The minimum Gasteiger partial charge on any atom is -0.494 e. The van der Waals surface area contributed by atoms with Gasteiger partial charge in [-0.2, -0.15) is 0 Å². The molecule has 1 aromatic heterocycles. The summed E-state index contributed by atoms with van der Waals surface area (Å²) in [5, 5.41) is 6.78. The minimum absolute atomic E-state index is 0.334. The van der Waals surface area contributed by atoms with Crippen LogP contribution in [0.25, 0.3) is 0 Å². The summed E-state index contributed by atoms with van der Waals surface area (Å²) in [6, 6.07) is 10.9. The molecule has 0 unspecified atom stereocenters. The smallest absolute Gasteiger partial charge is 0.253 e. The standard InChI is InChI=1S/C22H24ClN3O3/c23-16-6-8-18(9-7-16)29-15-5-3-1-2-4-12-25-19-20(22(28)21(19)27)26-17-10-13-24-14-11-17/h6-11,13-14,25H,1-5,12,15H2,(H,24,26). The van der Waals surface area contributed by atoms with Crippen molar-refractivity contribution in [1.29, 1.82) is 0 Å². The Balaban J connectivity index is 1.28. The van der Waals surface area contributed by atoms with Crippen LogP contribution >= 0.6 is 11.6 Å². The Kier molecular flexibility index (Phi) is 7.64. The molecule has 3 aromatic rings. The summed E-state index contributed by atoms with van der Waals surface area (Å²) in [5.74, 6) is 0.836. The maximum Gasteiger partial charge on any atom is 0.253 e. The van der Waals surface area contributed by atoms with Crippen molar-refractivity contribution in [3.8, 4) is 5.75 Å². The number of rotatable bonds is 12. The van der Waals surface area contributed by atoms with E-state index in [4.69, 9.17) is 16.3 Å². The molecule has 0 aliphatic carbocycles. The van der Waals surface area contributed by atoms with Crippen molar-refractivity contribution in [1.82, 2.24) is 4.98 Å². The average molecular weight is 414 g/mol. The van der Waals surface area contributed by atoms with Crippen molar-refractivity contribution >= 4 is 28.7 Å². The van der Waals surface area contributed by atoms with E-state index >= 15 is 0 Å². The van der Waals surface area contributed by atoms with Crippen LogP contribution in [0.1, 0.15) is 32.1 Å². The number of pyridine rings is 1. The van der Waals surface area contributed by atoms with Gasteiger partial charge < -0.3 is 15.4 Å². The maximum atomic E-state index is 11.8. The SMILES string of the molecule is O=c1c(NCCCCCCCOc2ccc(Cl)cc2)c(Nc2ccncc2)c1=O. The van der Waals surface area contributed by atoms with E-state index in [0.717, 1.165) is 43.5 Å². The minimum atomic E-state index is -0.481. The predicted octanol–water partition coefficient (Wildman–Crippen LogP) is 4.52. The van der Waals surface area contributed by atoms with Gasteiger partial charge in [0.1, 0.15) is 17.1 Å². The van der Waals surface area contributed by atoms with Gasteiger partial charge in [0.15, 0.2) is 0 Å². The first-order chi connectivity index (χ1) is 14.1. The summed E-state index contributed by atoms with van der Waals surface area (Å²) in [7, 11) is 0. The molecular formula is C22H24ClN3O3. The second-order valence-electron chi connectivity index (χ2n) is 6.77. The Labute approximate surface area is 174 Å². The number of halogens is 1. The zero-order valence-electron chi connectivity index (χ0n) is 16.1. The van der Waals surface area contributed by atoms with E-state index in [0.29, 0.717) is 29.5 Å². The summed E-state index contributed by atoms with van der Waals surface area (Å²) in [6.07, 6.45) is 8.42.